The van der Waals surface area contributed by atoms with Gasteiger partial charge in [0.2, 0.25) is 0 Å². The van der Waals surface area contributed by atoms with Gasteiger partial charge in [0.1, 0.15) is 5.69 Å². The second-order valence-electron chi connectivity index (χ2n) is 3.74. The molecular formula is C11H16N4O. The number of aromatic nitrogens is 2. The van der Waals surface area contributed by atoms with Crippen LogP contribution < -0.4 is 5.32 Å². The smallest absolute Gasteiger partial charge is 0.269 e. The Hall–Kier alpha value is -1.83. The van der Waals surface area contributed by atoms with Crippen molar-refractivity contribution in [2.75, 3.05) is 0 Å². The first-order valence-corrected chi connectivity index (χ1v) is 5.27. The van der Waals surface area contributed by atoms with Crippen LogP contribution in [-0.4, -0.2) is 21.7 Å². The van der Waals surface area contributed by atoms with Gasteiger partial charge in [0.05, 0.1) is 18.2 Å². The van der Waals surface area contributed by atoms with Crippen LogP contribution >= 0.6 is 0 Å². The molecule has 1 rings (SSSR count). The number of hydrogen-bond donors (Lipinski definition) is 1. The van der Waals surface area contributed by atoms with E-state index in [0.717, 1.165) is 12.1 Å². The zero-order valence-electron chi connectivity index (χ0n) is 9.82. The van der Waals surface area contributed by atoms with E-state index in [9.17, 15) is 4.79 Å². The molecule has 1 aromatic heterocycles. The first kappa shape index (κ1) is 12.2. The third-order valence-corrected chi connectivity index (χ3v) is 2.40. The van der Waals surface area contributed by atoms with Crippen LogP contribution in [0.2, 0.25) is 0 Å². The van der Waals surface area contributed by atoms with Gasteiger partial charge in [-0.15, -0.1) is 0 Å². The monoisotopic (exact) mass is 220 g/mol. The van der Waals surface area contributed by atoms with Gasteiger partial charge < -0.3 is 5.32 Å². The summed E-state index contributed by atoms with van der Waals surface area (Å²) < 4.78 is 1.55. The summed E-state index contributed by atoms with van der Waals surface area (Å²) in [5.41, 5.74) is 1.33. The average Bonchev–Trinajstić information content (AvgIpc) is 2.57. The molecule has 1 amide bonds. The van der Waals surface area contributed by atoms with Crippen LogP contribution in [0.25, 0.3) is 0 Å². The van der Waals surface area contributed by atoms with Crippen LogP contribution in [0.5, 0.6) is 0 Å². The van der Waals surface area contributed by atoms with E-state index >= 15 is 0 Å². The summed E-state index contributed by atoms with van der Waals surface area (Å²) in [5, 5.41) is 15.5. The summed E-state index contributed by atoms with van der Waals surface area (Å²) in [4.78, 5) is 11.8. The maximum atomic E-state index is 11.8. The third-order valence-electron chi connectivity index (χ3n) is 2.40. The van der Waals surface area contributed by atoms with Crippen molar-refractivity contribution < 1.29 is 4.79 Å². The van der Waals surface area contributed by atoms with E-state index in [1.807, 2.05) is 13.8 Å². The largest absolute Gasteiger partial charge is 0.347 e. The van der Waals surface area contributed by atoms with Crippen LogP contribution in [0.15, 0.2) is 6.07 Å². The fourth-order valence-corrected chi connectivity index (χ4v) is 1.49. The number of nitrogens with one attached hydrogen (secondary N) is 1. The number of amides is 1. The van der Waals surface area contributed by atoms with Crippen LogP contribution in [0.4, 0.5) is 0 Å². The Morgan fingerprint density at radius 1 is 1.75 bits per heavy atom. The molecular weight excluding hydrogens is 204 g/mol. The van der Waals surface area contributed by atoms with E-state index in [-0.39, 0.29) is 11.9 Å². The third kappa shape index (κ3) is 2.83. The van der Waals surface area contributed by atoms with Crippen LogP contribution in [-0.2, 0) is 7.05 Å². The zero-order valence-corrected chi connectivity index (χ0v) is 9.82. The molecule has 0 fully saturated rings. The van der Waals surface area contributed by atoms with Crippen LogP contribution in [0, 0.1) is 18.3 Å². The molecule has 0 radical (unpaired) electrons. The summed E-state index contributed by atoms with van der Waals surface area (Å²) in [6, 6.07) is 3.70. The molecule has 0 aliphatic rings. The van der Waals surface area contributed by atoms with Gasteiger partial charge in [-0.1, -0.05) is 6.92 Å². The lowest BCUT2D eigenvalue weighted by molar-refractivity contribution is 0.0927. The normalized spacial score (nSPS) is 11.9. The van der Waals surface area contributed by atoms with Gasteiger partial charge in [0.25, 0.3) is 5.91 Å². The minimum Gasteiger partial charge on any atom is -0.347 e. The zero-order chi connectivity index (χ0) is 12.1. The van der Waals surface area contributed by atoms with Crippen molar-refractivity contribution in [3.05, 3.63) is 17.5 Å². The predicted molar refractivity (Wildman–Crippen MR) is 59.7 cm³/mol. The van der Waals surface area contributed by atoms with E-state index < -0.39 is 0 Å². The van der Waals surface area contributed by atoms with Gasteiger partial charge in [-0.3, -0.25) is 9.48 Å². The molecule has 16 heavy (non-hydrogen) atoms. The maximum Gasteiger partial charge on any atom is 0.269 e. The summed E-state index contributed by atoms with van der Waals surface area (Å²) in [5.74, 6) is -0.176. The Kier molecular flexibility index (Phi) is 4.06. The summed E-state index contributed by atoms with van der Waals surface area (Å²) in [6.07, 6.45) is 1.08. The minimum absolute atomic E-state index is 0.0901. The summed E-state index contributed by atoms with van der Waals surface area (Å²) in [6.45, 7) is 3.78. The highest BCUT2D eigenvalue weighted by molar-refractivity contribution is 5.92. The van der Waals surface area contributed by atoms with Crippen LogP contribution in [0.1, 0.15) is 35.9 Å². The lowest BCUT2D eigenvalue weighted by Gasteiger charge is -2.13. The van der Waals surface area contributed by atoms with Gasteiger partial charge in [-0.2, -0.15) is 10.4 Å². The van der Waals surface area contributed by atoms with E-state index in [0.29, 0.717) is 12.1 Å². The average molecular weight is 220 g/mol. The molecule has 0 aromatic carbocycles. The van der Waals surface area contributed by atoms with Gasteiger partial charge in [0, 0.05) is 13.1 Å². The number of carbonyl (C=O) groups excluding carboxylic acids is 1. The van der Waals surface area contributed by atoms with Crippen molar-refractivity contribution in [2.45, 2.75) is 32.7 Å². The van der Waals surface area contributed by atoms with Gasteiger partial charge in [-0.05, 0) is 19.4 Å². The lowest BCUT2D eigenvalue weighted by Crippen LogP contribution is -2.35. The molecule has 0 spiro atoms. The van der Waals surface area contributed by atoms with E-state index in [2.05, 4.69) is 16.5 Å². The second-order valence-corrected chi connectivity index (χ2v) is 3.74. The number of hydrogen-bond acceptors (Lipinski definition) is 3. The lowest BCUT2D eigenvalue weighted by atomic mass is 10.1. The molecule has 1 unspecified atom stereocenters. The van der Waals surface area contributed by atoms with Crippen molar-refractivity contribution in [3.8, 4) is 6.07 Å². The molecule has 1 N–H and O–H groups in total. The molecule has 1 heterocycles. The molecule has 0 aliphatic heterocycles. The Morgan fingerprint density at radius 3 is 2.88 bits per heavy atom. The van der Waals surface area contributed by atoms with Gasteiger partial charge >= 0.3 is 0 Å². The molecule has 0 saturated heterocycles. The molecule has 0 bridgehead atoms. The number of aryl methyl sites for hydroxylation is 2. The quantitative estimate of drug-likeness (QED) is 0.827. The highest BCUT2D eigenvalue weighted by atomic mass is 16.2. The maximum absolute atomic E-state index is 11.8. The predicted octanol–water partition coefficient (Wildman–Crippen LogP) is 1.15. The molecule has 0 aliphatic carbocycles. The van der Waals surface area contributed by atoms with Crippen molar-refractivity contribution in [3.63, 3.8) is 0 Å². The molecule has 5 heteroatoms. The molecule has 5 nitrogen and oxygen atoms in total. The highest BCUT2D eigenvalue weighted by Gasteiger charge is 2.15. The Labute approximate surface area is 95.1 Å². The Balaban J connectivity index is 2.72. The standard InChI is InChI=1S/C11H16N4O/c1-4-9(5-6-12)13-11(16)10-7-8(2)14-15(10)3/h7,9H,4-5H2,1-3H3,(H,13,16). The fourth-order valence-electron chi connectivity index (χ4n) is 1.49. The van der Waals surface area contributed by atoms with Gasteiger partial charge in [0.15, 0.2) is 0 Å². The molecule has 1 atom stereocenters. The second kappa shape index (κ2) is 5.31. The summed E-state index contributed by atoms with van der Waals surface area (Å²) >= 11 is 0. The number of rotatable bonds is 4. The van der Waals surface area contributed by atoms with Gasteiger partial charge in [-0.25, -0.2) is 0 Å². The molecule has 86 valence electrons. The van der Waals surface area contributed by atoms with E-state index in [4.69, 9.17) is 5.26 Å². The van der Waals surface area contributed by atoms with Crippen molar-refractivity contribution in [2.24, 2.45) is 7.05 Å². The fraction of sp³-hybridized carbons (Fsp3) is 0.545. The first-order valence-electron chi connectivity index (χ1n) is 5.27. The minimum atomic E-state index is -0.176. The molecule has 1 aromatic rings. The SMILES string of the molecule is CCC(CC#N)NC(=O)c1cc(C)nn1C. The Bertz CT molecular complexity index is 416. The van der Waals surface area contributed by atoms with Crippen molar-refractivity contribution in [1.82, 2.24) is 15.1 Å². The molecule has 0 saturated carbocycles. The number of nitrogens with zero attached hydrogens (tertiary/aromatic N) is 3. The van der Waals surface area contributed by atoms with E-state index in [1.165, 1.54) is 0 Å². The number of carbonyl (C=O) groups is 1. The van der Waals surface area contributed by atoms with Crippen molar-refractivity contribution in [1.29, 1.82) is 5.26 Å². The first-order chi connectivity index (χ1) is 7.58. The van der Waals surface area contributed by atoms with E-state index in [1.54, 1.807) is 17.8 Å². The highest BCUT2D eigenvalue weighted by Crippen LogP contribution is 2.04. The summed E-state index contributed by atoms with van der Waals surface area (Å²) in [7, 11) is 1.73. The van der Waals surface area contributed by atoms with Crippen LogP contribution in [0.3, 0.4) is 0 Å². The topological polar surface area (TPSA) is 70.7 Å². The van der Waals surface area contributed by atoms with Crippen molar-refractivity contribution >= 4 is 5.91 Å². The number of nitriles is 1. The Morgan fingerprint density at radius 2 is 2.44 bits per heavy atom.